The number of nitrogens with zero attached hydrogens (tertiary/aromatic N) is 1. The van der Waals surface area contributed by atoms with Gasteiger partial charge in [0.25, 0.3) is 0 Å². The van der Waals surface area contributed by atoms with Crippen LogP contribution in [-0.4, -0.2) is 12.0 Å². The third-order valence-electron chi connectivity index (χ3n) is 3.39. The van der Waals surface area contributed by atoms with Gasteiger partial charge in [-0.15, -0.1) is 11.3 Å². The van der Waals surface area contributed by atoms with Crippen LogP contribution in [0, 0.1) is 0 Å². The first-order valence-electron chi connectivity index (χ1n) is 6.20. The minimum atomic E-state index is 0.422. The van der Waals surface area contributed by atoms with Gasteiger partial charge < -0.3 is 5.32 Å². The van der Waals surface area contributed by atoms with Gasteiger partial charge in [0.1, 0.15) is 5.01 Å². The van der Waals surface area contributed by atoms with E-state index in [9.17, 15) is 0 Å². The van der Waals surface area contributed by atoms with Crippen molar-refractivity contribution in [1.29, 1.82) is 0 Å². The van der Waals surface area contributed by atoms with Crippen molar-refractivity contribution in [3.63, 3.8) is 0 Å². The lowest BCUT2D eigenvalue weighted by Crippen LogP contribution is -2.21. The van der Waals surface area contributed by atoms with Crippen molar-refractivity contribution < 1.29 is 0 Å². The number of nitrogens with one attached hydrogen (secondary N) is 1. The lowest BCUT2D eigenvalue weighted by molar-refractivity contribution is 0.490. The number of hydrogen-bond acceptors (Lipinski definition) is 3. The average Bonchev–Trinajstić information content (AvgIpc) is 2.83. The molecule has 1 heterocycles. The Morgan fingerprint density at radius 2 is 2.11 bits per heavy atom. The molecule has 0 radical (unpaired) electrons. The number of fused-ring (bicyclic) bond motifs is 1. The lowest BCUT2D eigenvalue weighted by atomic mass is 9.98. The summed E-state index contributed by atoms with van der Waals surface area (Å²) in [7, 11) is 2.01. The van der Waals surface area contributed by atoms with Gasteiger partial charge in [0.15, 0.2) is 0 Å². The van der Waals surface area contributed by atoms with E-state index in [1.807, 2.05) is 42.6 Å². The van der Waals surface area contributed by atoms with Crippen molar-refractivity contribution in [3.8, 4) is 10.6 Å². The molecular weight excluding hydrogens is 264 g/mol. The van der Waals surface area contributed by atoms with E-state index >= 15 is 0 Å². The van der Waals surface area contributed by atoms with Gasteiger partial charge in [0.05, 0.1) is 11.7 Å². The van der Waals surface area contributed by atoms with Gasteiger partial charge >= 0.3 is 0 Å². The van der Waals surface area contributed by atoms with Gasteiger partial charge in [0.2, 0.25) is 0 Å². The summed E-state index contributed by atoms with van der Waals surface area (Å²) in [4.78, 5) is 6.25. The molecule has 0 saturated carbocycles. The Morgan fingerprint density at radius 3 is 2.83 bits per heavy atom. The lowest BCUT2D eigenvalue weighted by Gasteiger charge is -2.19. The molecule has 1 aromatic heterocycles. The van der Waals surface area contributed by atoms with Gasteiger partial charge in [-0.3, -0.25) is 0 Å². The van der Waals surface area contributed by atoms with Crippen LogP contribution in [0.25, 0.3) is 10.6 Å². The molecule has 18 heavy (non-hydrogen) atoms. The monoisotopic (exact) mass is 278 g/mol. The van der Waals surface area contributed by atoms with E-state index in [0.29, 0.717) is 6.04 Å². The Morgan fingerprint density at radius 1 is 1.33 bits per heavy atom. The summed E-state index contributed by atoms with van der Waals surface area (Å²) < 4.78 is 0. The van der Waals surface area contributed by atoms with Gasteiger partial charge in [0, 0.05) is 15.5 Å². The number of thiazole rings is 1. The van der Waals surface area contributed by atoms with Crippen LogP contribution in [0.2, 0.25) is 5.02 Å². The maximum absolute atomic E-state index is 5.92. The minimum absolute atomic E-state index is 0.422. The standard InChI is InChI=1S/C14H15ClN2S/c1-16-11-3-2-4-12-13(11)17-14(18-12)9-5-7-10(15)8-6-9/h5-8,11,16H,2-4H2,1H3. The minimum Gasteiger partial charge on any atom is -0.312 e. The molecule has 1 aliphatic rings. The van der Waals surface area contributed by atoms with Crippen LogP contribution < -0.4 is 5.32 Å². The molecule has 1 aliphatic carbocycles. The summed E-state index contributed by atoms with van der Waals surface area (Å²) in [5, 5.41) is 5.24. The predicted molar refractivity (Wildman–Crippen MR) is 77.3 cm³/mol. The zero-order chi connectivity index (χ0) is 12.5. The number of benzene rings is 1. The Hall–Kier alpha value is -0.900. The Labute approximate surface area is 116 Å². The molecule has 4 heteroatoms. The van der Waals surface area contributed by atoms with E-state index in [1.165, 1.54) is 29.8 Å². The Bertz CT molecular complexity index is 547. The molecule has 0 fully saturated rings. The Balaban J connectivity index is 1.99. The molecule has 94 valence electrons. The SMILES string of the molecule is CNC1CCCc2sc(-c3ccc(Cl)cc3)nc21. The van der Waals surface area contributed by atoms with Crippen molar-refractivity contribution >= 4 is 22.9 Å². The van der Waals surface area contributed by atoms with Crippen molar-refractivity contribution in [2.45, 2.75) is 25.3 Å². The second-order valence-corrected chi connectivity index (χ2v) is 6.09. The molecule has 1 atom stereocenters. The van der Waals surface area contributed by atoms with Crippen LogP contribution >= 0.6 is 22.9 Å². The molecule has 0 aliphatic heterocycles. The van der Waals surface area contributed by atoms with E-state index in [-0.39, 0.29) is 0 Å². The quantitative estimate of drug-likeness (QED) is 0.896. The molecule has 3 rings (SSSR count). The van der Waals surface area contributed by atoms with Crippen LogP contribution in [0.5, 0.6) is 0 Å². The highest BCUT2D eigenvalue weighted by atomic mass is 35.5. The third-order valence-corrected chi connectivity index (χ3v) is 4.83. The predicted octanol–water partition coefficient (Wildman–Crippen LogP) is 4.06. The maximum Gasteiger partial charge on any atom is 0.123 e. The topological polar surface area (TPSA) is 24.9 Å². The van der Waals surface area contributed by atoms with Gasteiger partial charge in [-0.2, -0.15) is 0 Å². The van der Waals surface area contributed by atoms with E-state index in [4.69, 9.17) is 16.6 Å². The zero-order valence-electron chi connectivity index (χ0n) is 10.2. The van der Waals surface area contributed by atoms with Gasteiger partial charge in [-0.25, -0.2) is 4.98 Å². The van der Waals surface area contributed by atoms with E-state index in [1.54, 1.807) is 0 Å². The maximum atomic E-state index is 5.92. The fourth-order valence-electron chi connectivity index (χ4n) is 2.42. The van der Waals surface area contributed by atoms with Crippen LogP contribution in [0.3, 0.4) is 0 Å². The van der Waals surface area contributed by atoms with Crippen LogP contribution in [0.15, 0.2) is 24.3 Å². The van der Waals surface area contributed by atoms with Crippen molar-refractivity contribution in [2.24, 2.45) is 0 Å². The molecule has 1 unspecified atom stereocenters. The van der Waals surface area contributed by atoms with Crippen LogP contribution in [0.1, 0.15) is 29.5 Å². The molecular formula is C14H15ClN2S. The normalized spacial score (nSPS) is 18.7. The van der Waals surface area contributed by atoms with Crippen molar-refractivity contribution in [1.82, 2.24) is 10.3 Å². The summed E-state index contributed by atoms with van der Waals surface area (Å²) in [6.07, 6.45) is 3.60. The first-order valence-corrected chi connectivity index (χ1v) is 7.40. The smallest absolute Gasteiger partial charge is 0.123 e. The molecule has 1 N–H and O–H groups in total. The molecule has 1 aromatic carbocycles. The molecule has 0 spiro atoms. The van der Waals surface area contributed by atoms with Gasteiger partial charge in [-0.05, 0) is 38.4 Å². The zero-order valence-corrected chi connectivity index (χ0v) is 11.8. The number of aryl methyl sites for hydroxylation is 1. The number of aromatic nitrogens is 1. The fraction of sp³-hybridized carbons (Fsp3) is 0.357. The number of halogens is 1. The fourth-order valence-corrected chi connectivity index (χ4v) is 3.71. The highest BCUT2D eigenvalue weighted by Crippen LogP contribution is 2.37. The first kappa shape index (κ1) is 12.2. The molecule has 0 saturated heterocycles. The molecule has 0 bridgehead atoms. The largest absolute Gasteiger partial charge is 0.312 e. The Kier molecular flexibility index (Phi) is 3.37. The highest BCUT2D eigenvalue weighted by Gasteiger charge is 2.23. The average molecular weight is 279 g/mol. The summed E-state index contributed by atoms with van der Waals surface area (Å²) in [5.41, 5.74) is 2.41. The van der Waals surface area contributed by atoms with Crippen LogP contribution in [0.4, 0.5) is 0 Å². The molecule has 2 nitrogen and oxygen atoms in total. The highest BCUT2D eigenvalue weighted by molar-refractivity contribution is 7.15. The van der Waals surface area contributed by atoms with Crippen molar-refractivity contribution in [2.75, 3.05) is 7.05 Å². The second-order valence-electron chi connectivity index (χ2n) is 4.57. The van der Waals surface area contributed by atoms with Crippen molar-refractivity contribution in [3.05, 3.63) is 39.9 Å². The third kappa shape index (κ3) is 2.18. The molecule has 0 amide bonds. The number of rotatable bonds is 2. The summed E-state index contributed by atoms with van der Waals surface area (Å²) in [5.74, 6) is 0. The molecule has 2 aromatic rings. The summed E-state index contributed by atoms with van der Waals surface area (Å²) >= 11 is 7.74. The van der Waals surface area contributed by atoms with E-state index in [0.717, 1.165) is 15.6 Å². The van der Waals surface area contributed by atoms with Crippen LogP contribution in [-0.2, 0) is 6.42 Å². The second kappa shape index (κ2) is 5.00. The number of hydrogen-bond donors (Lipinski definition) is 1. The summed E-state index contributed by atoms with van der Waals surface area (Å²) in [6.45, 7) is 0. The van der Waals surface area contributed by atoms with E-state index < -0.39 is 0 Å². The van der Waals surface area contributed by atoms with Gasteiger partial charge in [-0.1, -0.05) is 23.7 Å². The van der Waals surface area contributed by atoms with E-state index in [2.05, 4.69) is 5.32 Å². The summed E-state index contributed by atoms with van der Waals surface area (Å²) in [6, 6.07) is 8.35. The first-order chi connectivity index (χ1) is 8.78.